The van der Waals surface area contributed by atoms with Crippen LogP contribution in [0, 0.1) is 5.82 Å². The normalized spacial score (nSPS) is 10.1. The van der Waals surface area contributed by atoms with E-state index in [9.17, 15) is 14.0 Å². The zero-order valence-corrected chi connectivity index (χ0v) is 13.8. The van der Waals surface area contributed by atoms with E-state index in [1.165, 1.54) is 24.3 Å². The molecule has 0 aliphatic rings. The molecule has 0 atom stereocenters. The standard InChI is InChI=1S/C19H21FN2O3/c20-16-6-8-17(9-7-16)25-13-12-22-18(23)10-11-21-19(24)14-15-4-2-1-3-5-15/h1-9H,10-14H2,(H,21,24)(H,22,23). The van der Waals surface area contributed by atoms with Crippen molar-refractivity contribution in [3.8, 4) is 5.75 Å². The van der Waals surface area contributed by atoms with Gasteiger partial charge in [0.05, 0.1) is 13.0 Å². The molecule has 0 saturated carbocycles. The van der Waals surface area contributed by atoms with Crippen LogP contribution in [-0.4, -0.2) is 31.5 Å². The molecule has 2 aromatic carbocycles. The Hall–Kier alpha value is -2.89. The summed E-state index contributed by atoms with van der Waals surface area (Å²) in [5.41, 5.74) is 0.933. The van der Waals surface area contributed by atoms with Crippen LogP contribution >= 0.6 is 0 Å². The van der Waals surface area contributed by atoms with E-state index in [1.54, 1.807) is 0 Å². The predicted octanol–water partition coefficient (Wildman–Crippen LogP) is 2.07. The largest absolute Gasteiger partial charge is 0.492 e. The molecule has 132 valence electrons. The number of carbonyl (C=O) groups is 2. The van der Waals surface area contributed by atoms with Crippen molar-refractivity contribution in [2.45, 2.75) is 12.8 Å². The quantitative estimate of drug-likeness (QED) is 0.685. The number of nitrogens with one attached hydrogen (secondary N) is 2. The molecule has 0 aliphatic carbocycles. The topological polar surface area (TPSA) is 67.4 Å². The molecule has 0 saturated heterocycles. The Bertz CT molecular complexity index is 675. The molecule has 0 unspecified atom stereocenters. The van der Waals surface area contributed by atoms with Gasteiger partial charge in [-0.05, 0) is 29.8 Å². The molecule has 0 aromatic heterocycles. The van der Waals surface area contributed by atoms with Gasteiger partial charge in [0.25, 0.3) is 0 Å². The van der Waals surface area contributed by atoms with Crippen molar-refractivity contribution in [3.63, 3.8) is 0 Å². The lowest BCUT2D eigenvalue weighted by Crippen LogP contribution is -2.33. The second-order valence-corrected chi connectivity index (χ2v) is 5.41. The molecular weight excluding hydrogens is 323 g/mol. The summed E-state index contributed by atoms with van der Waals surface area (Å²) in [6.07, 6.45) is 0.505. The van der Waals surface area contributed by atoms with Crippen LogP contribution in [0.25, 0.3) is 0 Å². The van der Waals surface area contributed by atoms with Crippen molar-refractivity contribution in [1.29, 1.82) is 0 Å². The highest BCUT2D eigenvalue weighted by Gasteiger charge is 2.05. The summed E-state index contributed by atoms with van der Waals surface area (Å²) in [6.45, 7) is 0.919. The maximum Gasteiger partial charge on any atom is 0.224 e. The van der Waals surface area contributed by atoms with Crippen LogP contribution in [0.1, 0.15) is 12.0 Å². The van der Waals surface area contributed by atoms with Gasteiger partial charge < -0.3 is 15.4 Å². The number of carbonyl (C=O) groups excluding carboxylic acids is 2. The molecule has 0 bridgehead atoms. The van der Waals surface area contributed by atoms with Crippen LogP contribution in [0.4, 0.5) is 4.39 Å². The fourth-order valence-electron chi connectivity index (χ4n) is 2.14. The third kappa shape index (κ3) is 7.48. The van der Waals surface area contributed by atoms with Crippen molar-refractivity contribution < 1.29 is 18.7 Å². The van der Waals surface area contributed by atoms with E-state index in [0.717, 1.165) is 5.56 Å². The maximum atomic E-state index is 12.7. The van der Waals surface area contributed by atoms with Gasteiger partial charge in [0.1, 0.15) is 18.2 Å². The molecular formula is C19H21FN2O3. The summed E-state index contributed by atoms with van der Waals surface area (Å²) in [5.74, 6) is -0.0554. The highest BCUT2D eigenvalue weighted by Crippen LogP contribution is 2.10. The van der Waals surface area contributed by atoms with Gasteiger partial charge >= 0.3 is 0 Å². The van der Waals surface area contributed by atoms with Crippen LogP contribution in [-0.2, 0) is 16.0 Å². The third-order valence-corrected chi connectivity index (χ3v) is 3.39. The van der Waals surface area contributed by atoms with Crippen molar-refractivity contribution in [1.82, 2.24) is 10.6 Å². The Balaban J connectivity index is 1.53. The van der Waals surface area contributed by atoms with Gasteiger partial charge in [-0.2, -0.15) is 0 Å². The monoisotopic (exact) mass is 344 g/mol. The summed E-state index contributed by atoms with van der Waals surface area (Å²) >= 11 is 0. The molecule has 2 rings (SSSR count). The summed E-state index contributed by atoms with van der Waals surface area (Å²) in [6, 6.07) is 15.1. The van der Waals surface area contributed by atoms with Gasteiger partial charge in [-0.3, -0.25) is 9.59 Å². The molecule has 6 heteroatoms. The van der Waals surface area contributed by atoms with E-state index < -0.39 is 0 Å². The first-order chi connectivity index (χ1) is 12.1. The average Bonchev–Trinajstić information content (AvgIpc) is 2.61. The molecule has 0 fully saturated rings. The van der Waals surface area contributed by atoms with E-state index in [1.807, 2.05) is 30.3 Å². The van der Waals surface area contributed by atoms with Crippen LogP contribution in [0.2, 0.25) is 0 Å². The van der Waals surface area contributed by atoms with E-state index in [0.29, 0.717) is 18.7 Å². The first kappa shape index (κ1) is 18.4. The number of halogens is 1. The van der Waals surface area contributed by atoms with E-state index in [-0.39, 0.29) is 37.2 Å². The molecule has 2 amide bonds. The lowest BCUT2D eigenvalue weighted by Gasteiger charge is -2.08. The second-order valence-electron chi connectivity index (χ2n) is 5.41. The number of hydrogen-bond acceptors (Lipinski definition) is 3. The lowest BCUT2D eigenvalue weighted by atomic mass is 10.1. The van der Waals surface area contributed by atoms with Gasteiger partial charge in [-0.15, -0.1) is 0 Å². The van der Waals surface area contributed by atoms with Gasteiger partial charge in [0.15, 0.2) is 0 Å². The number of ether oxygens (including phenoxy) is 1. The van der Waals surface area contributed by atoms with Crippen LogP contribution < -0.4 is 15.4 Å². The zero-order valence-electron chi connectivity index (χ0n) is 13.8. The Kier molecular flexibility index (Phi) is 7.43. The highest BCUT2D eigenvalue weighted by molar-refractivity contribution is 5.80. The zero-order chi connectivity index (χ0) is 17.9. The molecule has 2 N–H and O–H groups in total. The first-order valence-electron chi connectivity index (χ1n) is 8.09. The van der Waals surface area contributed by atoms with Crippen molar-refractivity contribution in [2.75, 3.05) is 19.7 Å². The van der Waals surface area contributed by atoms with Crippen LogP contribution in [0.5, 0.6) is 5.75 Å². The summed E-state index contributed by atoms with van der Waals surface area (Å²) in [5, 5.41) is 5.42. The van der Waals surface area contributed by atoms with Crippen molar-refractivity contribution >= 4 is 11.8 Å². The van der Waals surface area contributed by atoms with E-state index in [4.69, 9.17) is 4.74 Å². The highest BCUT2D eigenvalue weighted by atomic mass is 19.1. The number of benzene rings is 2. The summed E-state index contributed by atoms with van der Waals surface area (Å²) in [4.78, 5) is 23.4. The average molecular weight is 344 g/mol. The van der Waals surface area contributed by atoms with Crippen LogP contribution in [0.15, 0.2) is 54.6 Å². The van der Waals surface area contributed by atoms with E-state index in [2.05, 4.69) is 10.6 Å². The third-order valence-electron chi connectivity index (χ3n) is 3.39. The number of hydrogen-bond donors (Lipinski definition) is 2. The minimum absolute atomic E-state index is 0.112. The van der Waals surface area contributed by atoms with Gasteiger partial charge in [0, 0.05) is 13.0 Å². The van der Waals surface area contributed by atoms with E-state index >= 15 is 0 Å². The van der Waals surface area contributed by atoms with Crippen molar-refractivity contribution in [3.05, 3.63) is 66.0 Å². The molecule has 2 aromatic rings. The molecule has 0 spiro atoms. The van der Waals surface area contributed by atoms with Crippen molar-refractivity contribution in [2.24, 2.45) is 0 Å². The fraction of sp³-hybridized carbons (Fsp3) is 0.263. The molecule has 0 radical (unpaired) electrons. The molecule has 0 heterocycles. The fourth-order valence-corrected chi connectivity index (χ4v) is 2.14. The Morgan fingerprint density at radius 3 is 2.28 bits per heavy atom. The lowest BCUT2D eigenvalue weighted by molar-refractivity contribution is -0.122. The summed E-state index contributed by atoms with van der Waals surface area (Å²) < 4.78 is 18.1. The predicted molar refractivity (Wildman–Crippen MR) is 92.7 cm³/mol. The second kappa shape index (κ2) is 10.1. The minimum atomic E-state index is -0.324. The Morgan fingerprint density at radius 1 is 0.880 bits per heavy atom. The van der Waals surface area contributed by atoms with Gasteiger partial charge in [0.2, 0.25) is 11.8 Å². The number of rotatable bonds is 9. The summed E-state index contributed by atoms with van der Waals surface area (Å²) in [7, 11) is 0. The SMILES string of the molecule is O=C(CCNC(=O)Cc1ccccc1)NCCOc1ccc(F)cc1. The smallest absolute Gasteiger partial charge is 0.224 e. The minimum Gasteiger partial charge on any atom is -0.492 e. The molecule has 0 aliphatic heterocycles. The maximum absolute atomic E-state index is 12.7. The van der Waals surface area contributed by atoms with Gasteiger partial charge in [-0.1, -0.05) is 30.3 Å². The Morgan fingerprint density at radius 2 is 1.56 bits per heavy atom. The Labute approximate surface area is 146 Å². The van der Waals surface area contributed by atoms with Gasteiger partial charge in [-0.25, -0.2) is 4.39 Å². The molecule has 5 nitrogen and oxygen atoms in total. The molecule has 25 heavy (non-hydrogen) atoms. The van der Waals surface area contributed by atoms with Crippen LogP contribution in [0.3, 0.4) is 0 Å². The number of amides is 2. The first-order valence-corrected chi connectivity index (χ1v) is 8.09.